The fourth-order valence-corrected chi connectivity index (χ4v) is 7.49. The highest BCUT2D eigenvalue weighted by atomic mass is 35.5. The SMILES string of the molecule is COc1cc(NC(=S)N2CCC3(CCN(S(=O)(=O)c4cccs4)CC3)C2)c(OC)cc1Cl. The number of hydrogen-bond acceptors (Lipinski definition) is 6. The lowest BCUT2D eigenvalue weighted by atomic mass is 9.78. The standard InChI is InChI=1S/C21H26ClN3O4S3/c1-28-17-13-16(18(29-2)12-15(17)22)23-20(30)24-8-5-21(14-24)6-9-25(10-7-21)32(26,27)19-4-3-11-31-19/h3-4,11-13H,5-10,14H2,1-2H3,(H,23,30). The summed E-state index contributed by atoms with van der Waals surface area (Å²) in [6.07, 6.45) is 2.65. The Morgan fingerprint density at radius 1 is 1.16 bits per heavy atom. The average Bonchev–Trinajstić information content (AvgIpc) is 3.46. The van der Waals surface area contributed by atoms with Crippen molar-refractivity contribution in [3.8, 4) is 11.5 Å². The number of anilines is 1. The molecule has 2 aliphatic rings. The molecule has 0 atom stereocenters. The number of thiocarbonyl (C=S) groups is 1. The van der Waals surface area contributed by atoms with Crippen LogP contribution in [-0.2, 0) is 10.0 Å². The topological polar surface area (TPSA) is 71.1 Å². The van der Waals surface area contributed by atoms with E-state index in [4.69, 9.17) is 33.3 Å². The lowest BCUT2D eigenvalue weighted by molar-refractivity contribution is 0.167. The van der Waals surface area contributed by atoms with Crippen LogP contribution in [0.3, 0.4) is 0 Å². The number of nitrogens with zero attached hydrogens (tertiary/aromatic N) is 2. The van der Waals surface area contributed by atoms with Gasteiger partial charge in [0.15, 0.2) is 5.11 Å². The zero-order valence-electron chi connectivity index (χ0n) is 18.0. The zero-order chi connectivity index (χ0) is 22.9. The molecule has 1 aromatic carbocycles. The molecule has 2 fully saturated rings. The van der Waals surface area contributed by atoms with Gasteiger partial charge in [-0.1, -0.05) is 17.7 Å². The van der Waals surface area contributed by atoms with Gasteiger partial charge in [0.05, 0.1) is 24.9 Å². The summed E-state index contributed by atoms with van der Waals surface area (Å²) in [5.74, 6) is 1.12. The van der Waals surface area contributed by atoms with Crippen LogP contribution in [0, 0.1) is 5.41 Å². The molecule has 4 rings (SSSR count). The van der Waals surface area contributed by atoms with Gasteiger partial charge >= 0.3 is 0 Å². The van der Waals surface area contributed by atoms with Crippen molar-refractivity contribution in [2.45, 2.75) is 23.5 Å². The van der Waals surface area contributed by atoms with E-state index in [1.165, 1.54) is 11.3 Å². The third kappa shape index (κ3) is 4.56. The number of piperidine rings is 1. The van der Waals surface area contributed by atoms with Gasteiger partial charge in [-0.2, -0.15) is 4.31 Å². The number of halogens is 1. The molecule has 0 saturated carbocycles. The van der Waals surface area contributed by atoms with Crippen LogP contribution in [-0.4, -0.2) is 63.1 Å². The minimum absolute atomic E-state index is 0.0784. The van der Waals surface area contributed by atoms with Crippen molar-refractivity contribution in [2.75, 3.05) is 45.7 Å². The maximum absolute atomic E-state index is 12.8. The Labute approximate surface area is 203 Å². The third-order valence-electron chi connectivity index (χ3n) is 6.31. The van der Waals surface area contributed by atoms with Crippen molar-refractivity contribution in [1.29, 1.82) is 0 Å². The quantitative estimate of drug-likeness (QED) is 0.595. The molecule has 0 unspecified atom stereocenters. The number of thiophene rings is 1. The van der Waals surface area contributed by atoms with Crippen LogP contribution < -0.4 is 14.8 Å². The van der Waals surface area contributed by atoms with E-state index < -0.39 is 10.0 Å². The highest BCUT2D eigenvalue weighted by Gasteiger charge is 2.43. The van der Waals surface area contributed by atoms with Gasteiger partial charge < -0.3 is 19.7 Å². The molecule has 2 saturated heterocycles. The van der Waals surface area contributed by atoms with E-state index in [1.54, 1.807) is 48.2 Å². The minimum atomic E-state index is -3.39. The summed E-state index contributed by atoms with van der Waals surface area (Å²) in [4.78, 5) is 2.15. The fraction of sp³-hybridized carbons (Fsp3) is 0.476. The van der Waals surface area contributed by atoms with Crippen LogP contribution in [0.5, 0.6) is 11.5 Å². The van der Waals surface area contributed by atoms with Crippen LogP contribution in [0.1, 0.15) is 19.3 Å². The first-order chi connectivity index (χ1) is 15.3. The molecule has 0 aliphatic carbocycles. The second-order valence-corrected chi connectivity index (χ2v) is 12.0. The normalized spacial score (nSPS) is 18.7. The first-order valence-electron chi connectivity index (χ1n) is 10.3. The van der Waals surface area contributed by atoms with Crippen LogP contribution in [0.4, 0.5) is 5.69 Å². The Morgan fingerprint density at radius 2 is 1.84 bits per heavy atom. The van der Waals surface area contributed by atoms with E-state index in [0.717, 1.165) is 32.4 Å². The molecule has 1 aromatic heterocycles. The number of ether oxygens (including phenoxy) is 2. The van der Waals surface area contributed by atoms with E-state index in [0.29, 0.717) is 44.6 Å². The molecule has 0 radical (unpaired) electrons. The summed E-state index contributed by atoms with van der Waals surface area (Å²) in [5.41, 5.74) is 0.770. The van der Waals surface area contributed by atoms with Gasteiger partial charge in [-0.05, 0) is 48.3 Å². The summed E-state index contributed by atoms with van der Waals surface area (Å²) in [6, 6.07) is 6.91. The predicted molar refractivity (Wildman–Crippen MR) is 132 cm³/mol. The van der Waals surface area contributed by atoms with Crippen molar-refractivity contribution in [3.63, 3.8) is 0 Å². The largest absolute Gasteiger partial charge is 0.495 e. The summed E-state index contributed by atoms with van der Waals surface area (Å²) >= 11 is 13.1. The maximum atomic E-state index is 12.8. The lowest BCUT2D eigenvalue weighted by Gasteiger charge is -2.38. The smallest absolute Gasteiger partial charge is 0.252 e. The van der Waals surface area contributed by atoms with Crippen LogP contribution in [0.25, 0.3) is 0 Å². The first-order valence-corrected chi connectivity index (χ1v) is 13.4. The minimum Gasteiger partial charge on any atom is -0.495 e. The molecular weight excluding hydrogens is 490 g/mol. The van der Waals surface area contributed by atoms with Crippen molar-refractivity contribution in [3.05, 3.63) is 34.7 Å². The predicted octanol–water partition coefficient (Wildman–Crippen LogP) is 4.29. The summed E-state index contributed by atoms with van der Waals surface area (Å²) in [5, 5.41) is 6.14. The first kappa shape index (κ1) is 23.6. The van der Waals surface area contributed by atoms with Gasteiger partial charge in [-0.3, -0.25) is 0 Å². The monoisotopic (exact) mass is 515 g/mol. The number of nitrogens with one attached hydrogen (secondary N) is 1. The molecule has 174 valence electrons. The van der Waals surface area contributed by atoms with Gasteiger partial charge in [-0.25, -0.2) is 8.42 Å². The number of methoxy groups -OCH3 is 2. The molecule has 11 heteroatoms. The summed E-state index contributed by atoms with van der Waals surface area (Å²) < 4.78 is 38.4. The fourth-order valence-electron chi connectivity index (χ4n) is 4.41. The van der Waals surface area contributed by atoms with Crippen LogP contribution in [0.2, 0.25) is 5.02 Å². The molecule has 1 spiro atoms. The van der Waals surface area contributed by atoms with E-state index in [1.807, 2.05) is 0 Å². The van der Waals surface area contributed by atoms with Gasteiger partial charge in [0.2, 0.25) is 0 Å². The number of sulfonamides is 1. The van der Waals surface area contributed by atoms with E-state index in [2.05, 4.69) is 10.2 Å². The molecule has 2 aliphatic heterocycles. The number of likely N-dealkylation sites (tertiary alicyclic amines) is 1. The third-order valence-corrected chi connectivity index (χ3v) is 10.2. The van der Waals surface area contributed by atoms with Crippen molar-refractivity contribution >= 4 is 56.0 Å². The second-order valence-electron chi connectivity index (χ2n) is 8.12. The number of rotatable bonds is 5. The zero-order valence-corrected chi connectivity index (χ0v) is 21.2. The molecule has 3 heterocycles. The van der Waals surface area contributed by atoms with Crippen LogP contribution in [0.15, 0.2) is 33.9 Å². The lowest BCUT2D eigenvalue weighted by Crippen LogP contribution is -2.44. The summed E-state index contributed by atoms with van der Waals surface area (Å²) in [7, 11) is -0.251. The van der Waals surface area contributed by atoms with Crippen molar-refractivity contribution in [1.82, 2.24) is 9.21 Å². The highest BCUT2D eigenvalue weighted by Crippen LogP contribution is 2.42. The van der Waals surface area contributed by atoms with Crippen molar-refractivity contribution < 1.29 is 17.9 Å². The van der Waals surface area contributed by atoms with E-state index in [9.17, 15) is 8.42 Å². The molecule has 32 heavy (non-hydrogen) atoms. The molecule has 0 amide bonds. The summed E-state index contributed by atoms with van der Waals surface area (Å²) in [6.45, 7) is 2.71. The van der Waals surface area contributed by atoms with Gasteiger partial charge in [0.25, 0.3) is 10.0 Å². The second kappa shape index (κ2) is 9.34. The van der Waals surface area contributed by atoms with Gasteiger partial charge in [0, 0.05) is 38.3 Å². The Kier molecular flexibility index (Phi) is 6.88. The molecule has 0 bridgehead atoms. The van der Waals surface area contributed by atoms with Crippen molar-refractivity contribution in [2.24, 2.45) is 5.41 Å². The Hall–Kier alpha value is -1.59. The van der Waals surface area contributed by atoms with Gasteiger partial charge in [0.1, 0.15) is 15.7 Å². The highest BCUT2D eigenvalue weighted by molar-refractivity contribution is 7.91. The van der Waals surface area contributed by atoms with Crippen LogP contribution >= 0.6 is 35.2 Å². The van der Waals surface area contributed by atoms with Gasteiger partial charge in [-0.15, -0.1) is 11.3 Å². The molecular formula is C21H26ClN3O4S3. The number of benzene rings is 1. The maximum Gasteiger partial charge on any atom is 0.252 e. The van der Waals surface area contributed by atoms with E-state index in [-0.39, 0.29) is 5.41 Å². The molecule has 2 aromatic rings. The molecule has 7 nitrogen and oxygen atoms in total. The average molecular weight is 516 g/mol. The Balaban J connectivity index is 1.39. The Bertz CT molecular complexity index is 1080. The Morgan fingerprint density at radius 3 is 2.47 bits per heavy atom. The van der Waals surface area contributed by atoms with E-state index >= 15 is 0 Å². The number of hydrogen-bond donors (Lipinski definition) is 1. The molecule has 1 N–H and O–H groups in total.